The molecule has 0 bridgehead atoms. The van der Waals surface area contributed by atoms with Gasteiger partial charge in [0.25, 0.3) is 5.91 Å². The fourth-order valence-corrected chi connectivity index (χ4v) is 3.00. The summed E-state index contributed by atoms with van der Waals surface area (Å²) in [5.74, 6) is 0.0103. The second-order valence-electron chi connectivity index (χ2n) is 5.64. The highest BCUT2D eigenvalue weighted by Crippen LogP contribution is 2.32. The standard InChI is InChI=1S/C19H18Cl2N2O2/c1-13-9-14(2)11-15(10-13)23(8-4-7-22)18(24)12-25-19-16(20)5-3-6-17(19)21/h3,5-6,9-11H,4,8,12H2,1-2H3. The Hall–Kier alpha value is -2.22. The van der Waals surface area contributed by atoms with Crippen molar-refractivity contribution in [2.24, 2.45) is 0 Å². The highest BCUT2D eigenvalue weighted by molar-refractivity contribution is 6.37. The Morgan fingerprint density at radius 1 is 1.16 bits per heavy atom. The zero-order chi connectivity index (χ0) is 18.4. The van der Waals surface area contributed by atoms with Gasteiger partial charge in [-0.05, 0) is 49.2 Å². The molecule has 4 nitrogen and oxygen atoms in total. The van der Waals surface area contributed by atoms with Gasteiger partial charge >= 0.3 is 0 Å². The largest absolute Gasteiger partial charge is 0.481 e. The maximum atomic E-state index is 12.7. The average molecular weight is 377 g/mol. The van der Waals surface area contributed by atoms with Gasteiger partial charge in [-0.2, -0.15) is 5.26 Å². The maximum absolute atomic E-state index is 12.7. The smallest absolute Gasteiger partial charge is 0.264 e. The zero-order valence-electron chi connectivity index (χ0n) is 14.1. The van der Waals surface area contributed by atoms with Crippen molar-refractivity contribution in [1.29, 1.82) is 5.26 Å². The summed E-state index contributed by atoms with van der Waals surface area (Å²) >= 11 is 12.1. The van der Waals surface area contributed by atoms with Crippen molar-refractivity contribution < 1.29 is 9.53 Å². The van der Waals surface area contributed by atoms with Crippen molar-refractivity contribution in [3.63, 3.8) is 0 Å². The minimum absolute atomic E-state index is 0.220. The van der Waals surface area contributed by atoms with E-state index in [1.165, 1.54) is 0 Å². The lowest BCUT2D eigenvalue weighted by Crippen LogP contribution is -2.36. The fraction of sp³-hybridized carbons (Fsp3) is 0.263. The number of nitrogens with zero attached hydrogens (tertiary/aromatic N) is 2. The average Bonchev–Trinajstić information content (AvgIpc) is 2.54. The van der Waals surface area contributed by atoms with Crippen LogP contribution < -0.4 is 9.64 Å². The van der Waals surface area contributed by atoms with Gasteiger partial charge in [-0.3, -0.25) is 4.79 Å². The molecule has 0 atom stereocenters. The molecule has 0 saturated heterocycles. The molecule has 2 rings (SSSR count). The Morgan fingerprint density at radius 3 is 2.32 bits per heavy atom. The van der Waals surface area contributed by atoms with Crippen LogP contribution in [0.25, 0.3) is 0 Å². The molecule has 2 aromatic rings. The van der Waals surface area contributed by atoms with Crippen LogP contribution in [0.4, 0.5) is 5.69 Å². The molecule has 130 valence electrons. The van der Waals surface area contributed by atoms with Crippen LogP contribution in [-0.2, 0) is 4.79 Å². The lowest BCUT2D eigenvalue weighted by atomic mass is 10.1. The number of carbonyl (C=O) groups excluding carboxylic acids is 1. The SMILES string of the molecule is Cc1cc(C)cc(N(CCC#N)C(=O)COc2c(Cl)cccc2Cl)c1. The second-order valence-corrected chi connectivity index (χ2v) is 6.45. The molecule has 0 radical (unpaired) electrons. The molecule has 0 aliphatic carbocycles. The number of amides is 1. The van der Waals surface area contributed by atoms with E-state index >= 15 is 0 Å². The van der Waals surface area contributed by atoms with Gasteiger partial charge in [-0.15, -0.1) is 0 Å². The van der Waals surface area contributed by atoms with Crippen LogP contribution in [0, 0.1) is 25.2 Å². The normalized spacial score (nSPS) is 10.2. The highest BCUT2D eigenvalue weighted by atomic mass is 35.5. The predicted molar refractivity (Wildman–Crippen MR) is 100 cm³/mol. The summed E-state index contributed by atoms with van der Waals surface area (Å²) in [5.41, 5.74) is 2.83. The van der Waals surface area contributed by atoms with Gasteiger partial charge in [0.05, 0.1) is 22.5 Å². The van der Waals surface area contributed by atoms with Crippen LogP contribution in [0.5, 0.6) is 5.75 Å². The highest BCUT2D eigenvalue weighted by Gasteiger charge is 2.18. The van der Waals surface area contributed by atoms with Gasteiger partial charge in [0.1, 0.15) is 0 Å². The minimum Gasteiger partial charge on any atom is -0.481 e. The Balaban J connectivity index is 2.20. The summed E-state index contributed by atoms with van der Waals surface area (Å²) in [5, 5.41) is 9.57. The molecule has 2 aromatic carbocycles. The molecule has 1 amide bonds. The molecular weight excluding hydrogens is 359 g/mol. The number of rotatable bonds is 6. The van der Waals surface area contributed by atoms with Gasteiger partial charge in [0, 0.05) is 12.2 Å². The summed E-state index contributed by atoms with van der Waals surface area (Å²) in [6.07, 6.45) is 0.228. The quantitative estimate of drug-likeness (QED) is 0.717. The van der Waals surface area contributed by atoms with E-state index in [0.717, 1.165) is 16.8 Å². The molecule has 0 heterocycles. The number of para-hydroxylation sites is 1. The molecule has 0 N–H and O–H groups in total. The van der Waals surface area contributed by atoms with Crippen molar-refractivity contribution in [2.75, 3.05) is 18.1 Å². The Morgan fingerprint density at radius 2 is 1.76 bits per heavy atom. The molecule has 6 heteroatoms. The van der Waals surface area contributed by atoms with E-state index in [1.54, 1.807) is 23.1 Å². The molecule has 0 spiro atoms. The first-order valence-corrected chi connectivity index (χ1v) is 8.50. The molecule has 25 heavy (non-hydrogen) atoms. The third-order valence-corrected chi connectivity index (χ3v) is 4.12. The number of halogens is 2. The van der Waals surface area contributed by atoms with E-state index in [9.17, 15) is 4.79 Å². The number of ether oxygens (including phenoxy) is 1. The monoisotopic (exact) mass is 376 g/mol. The third-order valence-electron chi connectivity index (χ3n) is 3.53. The van der Waals surface area contributed by atoms with Crippen LogP contribution >= 0.6 is 23.2 Å². The molecular formula is C19H18Cl2N2O2. The Bertz CT molecular complexity index is 775. The molecule has 0 aliphatic heterocycles. The zero-order valence-corrected chi connectivity index (χ0v) is 15.6. The topological polar surface area (TPSA) is 53.3 Å². The first kappa shape index (κ1) is 19.1. The molecule has 0 aromatic heterocycles. The minimum atomic E-state index is -0.267. The van der Waals surface area contributed by atoms with Crippen LogP contribution in [0.15, 0.2) is 36.4 Å². The molecule has 0 fully saturated rings. The van der Waals surface area contributed by atoms with Gasteiger partial charge in [-0.1, -0.05) is 35.3 Å². The Labute approximate surface area is 157 Å². The van der Waals surface area contributed by atoms with Crippen LogP contribution in [0.1, 0.15) is 17.5 Å². The van der Waals surface area contributed by atoms with E-state index in [-0.39, 0.29) is 31.2 Å². The number of benzene rings is 2. The summed E-state index contributed by atoms with van der Waals surface area (Å²) in [6.45, 7) is 3.99. The van der Waals surface area contributed by atoms with E-state index < -0.39 is 0 Å². The van der Waals surface area contributed by atoms with Crippen molar-refractivity contribution >= 4 is 34.8 Å². The molecule has 0 aliphatic rings. The van der Waals surface area contributed by atoms with Gasteiger partial charge in [0.15, 0.2) is 12.4 Å². The summed E-state index contributed by atoms with van der Waals surface area (Å²) in [4.78, 5) is 14.2. The molecule has 0 saturated carbocycles. The van der Waals surface area contributed by atoms with Gasteiger partial charge in [-0.25, -0.2) is 0 Å². The summed E-state index contributed by atoms with van der Waals surface area (Å²) < 4.78 is 5.53. The number of hydrogen-bond donors (Lipinski definition) is 0. The van der Waals surface area contributed by atoms with E-state index in [2.05, 4.69) is 6.07 Å². The van der Waals surface area contributed by atoms with Crippen LogP contribution in [-0.4, -0.2) is 19.1 Å². The fourth-order valence-electron chi connectivity index (χ4n) is 2.50. The number of nitriles is 1. The van der Waals surface area contributed by atoms with E-state index in [1.807, 2.05) is 32.0 Å². The first-order valence-electron chi connectivity index (χ1n) is 7.75. The lowest BCUT2D eigenvalue weighted by Gasteiger charge is -2.23. The number of aryl methyl sites for hydroxylation is 2. The van der Waals surface area contributed by atoms with Crippen molar-refractivity contribution in [3.05, 3.63) is 57.6 Å². The van der Waals surface area contributed by atoms with E-state index in [0.29, 0.717) is 10.0 Å². The number of anilines is 1. The van der Waals surface area contributed by atoms with Crippen LogP contribution in [0.2, 0.25) is 10.0 Å². The van der Waals surface area contributed by atoms with Crippen LogP contribution in [0.3, 0.4) is 0 Å². The van der Waals surface area contributed by atoms with Crippen molar-refractivity contribution in [1.82, 2.24) is 0 Å². The third kappa shape index (κ3) is 5.12. The maximum Gasteiger partial charge on any atom is 0.264 e. The van der Waals surface area contributed by atoms with Crippen molar-refractivity contribution in [2.45, 2.75) is 20.3 Å². The van der Waals surface area contributed by atoms with Gasteiger partial charge in [0.2, 0.25) is 0 Å². The van der Waals surface area contributed by atoms with E-state index in [4.69, 9.17) is 33.2 Å². The van der Waals surface area contributed by atoms with Gasteiger partial charge < -0.3 is 9.64 Å². The second kappa shape index (κ2) is 8.75. The lowest BCUT2D eigenvalue weighted by molar-refractivity contribution is -0.120. The predicted octanol–water partition coefficient (Wildman–Crippen LogP) is 4.94. The summed E-state index contributed by atoms with van der Waals surface area (Å²) in [6, 6.07) is 12.9. The molecule has 0 unspecified atom stereocenters. The summed E-state index contributed by atoms with van der Waals surface area (Å²) in [7, 11) is 0. The first-order chi connectivity index (χ1) is 11.9. The number of hydrogen-bond acceptors (Lipinski definition) is 3. The number of carbonyl (C=O) groups is 1. The van der Waals surface area contributed by atoms with Crippen molar-refractivity contribution in [3.8, 4) is 11.8 Å². The Kier molecular flexibility index (Phi) is 6.69.